The zero-order valence-electron chi connectivity index (χ0n) is 12.8. The van der Waals surface area contributed by atoms with Crippen LogP contribution in [0.3, 0.4) is 0 Å². The molecule has 1 aromatic carbocycles. The smallest absolute Gasteiger partial charge is 0.170 e. The lowest BCUT2D eigenvalue weighted by Gasteiger charge is -2.26. The van der Waals surface area contributed by atoms with Gasteiger partial charge in [0.2, 0.25) is 0 Å². The molecule has 1 rings (SSSR count). The van der Waals surface area contributed by atoms with E-state index in [0.717, 1.165) is 17.7 Å². The molecule has 0 spiro atoms. The van der Waals surface area contributed by atoms with Crippen molar-refractivity contribution in [3.63, 3.8) is 0 Å². The van der Waals surface area contributed by atoms with Crippen molar-refractivity contribution < 1.29 is 5.21 Å². The molecule has 1 unspecified atom stereocenters. The number of amidine groups is 1. The highest BCUT2D eigenvalue weighted by Crippen LogP contribution is 2.10. The average Bonchev–Trinajstić information content (AvgIpc) is 2.42. The second-order valence-electron chi connectivity index (χ2n) is 5.64. The number of hydrogen-bond donors (Lipinski definition) is 3. The highest BCUT2D eigenvalue weighted by Gasteiger charge is 2.15. The molecule has 5 heteroatoms. The predicted molar refractivity (Wildman–Crippen MR) is 83.0 cm³/mol. The standard InChI is InChI=1S/C15H26N4O/c1-11(2)14(10-19(3)4)17-9-12-7-5-6-8-13(12)15(16)18-20/h5-8,11,14,17,20H,9-10H2,1-4H3,(H2,16,18). The summed E-state index contributed by atoms with van der Waals surface area (Å²) < 4.78 is 0. The van der Waals surface area contributed by atoms with E-state index < -0.39 is 0 Å². The maximum absolute atomic E-state index is 8.83. The Bertz CT molecular complexity index is 443. The molecule has 4 N–H and O–H groups in total. The summed E-state index contributed by atoms with van der Waals surface area (Å²) in [5.41, 5.74) is 7.51. The van der Waals surface area contributed by atoms with Crippen molar-refractivity contribution in [3.8, 4) is 0 Å². The molecule has 0 bridgehead atoms. The SMILES string of the molecule is CC(C)C(CN(C)C)NCc1ccccc1C(N)=NO. The minimum atomic E-state index is 0.149. The largest absolute Gasteiger partial charge is 0.409 e. The molecule has 1 aromatic rings. The van der Waals surface area contributed by atoms with Crippen molar-refractivity contribution in [1.29, 1.82) is 0 Å². The Kier molecular flexibility index (Phi) is 6.48. The first-order chi connectivity index (χ1) is 9.45. The van der Waals surface area contributed by atoms with Gasteiger partial charge in [0.1, 0.15) is 0 Å². The third-order valence-corrected chi connectivity index (χ3v) is 3.32. The first-order valence-electron chi connectivity index (χ1n) is 6.89. The van der Waals surface area contributed by atoms with E-state index in [9.17, 15) is 0 Å². The van der Waals surface area contributed by atoms with Gasteiger partial charge in [-0.1, -0.05) is 43.3 Å². The van der Waals surface area contributed by atoms with Crippen LogP contribution in [0.4, 0.5) is 0 Å². The summed E-state index contributed by atoms with van der Waals surface area (Å²) in [4.78, 5) is 2.17. The number of likely N-dealkylation sites (N-methyl/N-ethyl adjacent to an activating group) is 1. The third-order valence-electron chi connectivity index (χ3n) is 3.32. The highest BCUT2D eigenvalue weighted by molar-refractivity contribution is 5.98. The molecule has 0 fully saturated rings. The lowest BCUT2D eigenvalue weighted by molar-refractivity contribution is 0.288. The van der Waals surface area contributed by atoms with Crippen molar-refractivity contribution in [3.05, 3.63) is 35.4 Å². The van der Waals surface area contributed by atoms with E-state index in [4.69, 9.17) is 10.9 Å². The van der Waals surface area contributed by atoms with Gasteiger partial charge in [-0.15, -0.1) is 0 Å². The Labute approximate surface area is 121 Å². The zero-order valence-corrected chi connectivity index (χ0v) is 12.8. The van der Waals surface area contributed by atoms with Gasteiger partial charge in [-0.2, -0.15) is 0 Å². The van der Waals surface area contributed by atoms with Gasteiger partial charge in [-0.25, -0.2) is 0 Å². The Morgan fingerprint density at radius 2 is 2.00 bits per heavy atom. The van der Waals surface area contributed by atoms with Gasteiger partial charge in [0.05, 0.1) is 0 Å². The molecule has 0 amide bonds. The number of nitrogens with two attached hydrogens (primary N) is 1. The highest BCUT2D eigenvalue weighted by atomic mass is 16.4. The maximum atomic E-state index is 8.83. The molecular weight excluding hydrogens is 252 g/mol. The number of hydrogen-bond acceptors (Lipinski definition) is 4. The van der Waals surface area contributed by atoms with Crippen molar-refractivity contribution in [2.24, 2.45) is 16.8 Å². The third kappa shape index (κ3) is 4.83. The lowest BCUT2D eigenvalue weighted by atomic mass is 10.0. The molecule has 0 aliphatic rings. The fraction of sp³-hybridized carbons (Fsp3) is 0.533. The molecule has 0 aliphatic heterocycles. The minimum Gasteiger partial charge on any atom is -0.409 e. The van der Waals surface area contributed by atoms with Gasteiger partial charge < -0.3 is 21.2 Å². The first-order valence-corrected chi connectivity index (χ1v) is 6.89. The van der Waals surface area contributed by atoms with Gasteiger partial charge in [0, 0.05) is 24.7 Å². The van der Waals surface area contributed by atoms with Crippen LogP contribution in [0.15, 0.2) is 29.4 Å². The van der Waals surface area contributed by atoms with Crippen LogP contribution in [-0.2, 0) is 6.54 Å². The monoisotopic (exact) mass is 278 g/mol. The summed E-state index contributed by atoms with van der Waals surface area (Å²) in [6.45, 7) is 6.08. The van der Waals surface area contributed by atoms with Crippen LogP contribution >= 0.6 is 0 Å². The van der Waals surface area contributed by atoms with E-state index >= 15 is 0 Å². The Balaban J connectivity index is 2.78. The zero-order chi connectivity index (χ0) is 15.1. The molecule has 0 saturated heterocycles. The summed E-state index contributed by atoms with van der Waals surface area (Å²) in [5, 5.41) is 15.5. The molecule has 0 heterocycles. The van der Waals surface area contributed by atoms with Crippen LogP contribution < -0.4 is 11.1 Å². The van der Waals surface area contributed by atoms with Crippen LogP contribution in [-0.4, -0.2) is 42.6 Å². The van der Waals surface area contributed by atoms with Crippen molar-refractivity contribution in [2.45, 2.75) is 26.4 Å². The average molecular weight is 278 g/mol. The van der Waals surface area contributed by atoms with E-state index in [-0.39, 0.29) is 5.84 Å². The molecule has 0 saturated carbocycles. The van der Waals surface area contributed by atoms with Crippen molar-refractivity contribution >= 4 is 5.84 Å². The summed E-state index contributed by atoms with van der Waals surface area (Å²) in [6, 6.07) is 8.10. The van der Waals surface area contributed by atoms with Crippen molar-refractivity contribution in [2.75, 3.05) is 20.6 Å². The molecule has 5 nitrogen and oxygen atoms in total. The molecule has 0 aliphatic carbocycles. The molecule has 0 radical (unpaired) electrons. The van der Waals surface area contributed by atoms with E-state index in [1.165, 1.54) is 0 Å². The van der Waals surface area contributed by atoms with Crippen LogP contribution in [0.1, 0.15) is 25.0 Å². The molecule has 112 valence electrons. The van der Waals surface area contributed by atoms with Gasteiger partial charge >= 0.3 is 0 Å². The van der Waals surface area contributed by atoms with Crippen LogP contribution in [0, 0.1) is 5.92 Å². The molecule has 0 aromatic heterocycles. The number of rotatable bonds is 7. The quantitative estimate of drug-likeness (QED) is 0.305. The van der Waals surface area contributed by atoms with Crippen LogP contribution in [0.25, 0.3) is 0 Å². The second-order valence-corrected chi connectivity index (χ2v) is 5.64. The first kappa shape index (κ1) is 16.5. The van der Waals surface area contributed by atoms with E-state index in [0.29, 0.717) is 18.5 Å². The number of nitrogens with zero attached hydrogens (tertiary/aromatic N) is 2. The summed E-state index contributed by atoms with van der Waals surface area (Å²) in [6.07, 6.45) is 0. The summed E-state index contributed by atoms with van der Waals surface area (Å²) in [5.74, 6) is 0.685. The summed E-state index contributed by atoms with van der Waals surface area (Å²) in [7, 11) is 4.14. The predicted octanol–water partition coefficient (Wildman–Crippen LogP) is 1.46. The lowest BCUT2D eigenvalue weighted by Crippen LogP contribution is -2.41. The van der Waals surface area contributed by atoms with Gasteiger partial charge in [-0.3, -0.25) is 0 Å². The van der Waals surface area contributed by atoms with E-state index in [2.05, 4.69) is 43.3 Å². The van der Waals surface area contributed by atoms with Gasteiger partial charge in [0.25, 0.3) is 0 Å². The number of nitrogens with one attached hydrogen (secondary N) is 1. The Morgan fingerprint density at radius 1 is 1.35 bits per heavy atom. The summed E-state index contributed by atoms with van der Waals surface area (Å²) >= 11 is 0. The van der Waals surface area contributed by atoms with Gasteiger partial charge in [0.15, 0.2) is 5.84 Å². The molecule has 1 atom stereocenters. The Morgan fingerprint density at radius 3 is 2.55 bits per heavy atom. The normalized spacial score (nSPS) is 14.0. The van der Waals surface area contributed by atoms with Crippen molar-refractivity contribution in [1.82, 2.24) is 10.2 Å². The molecular formula is C15H26N4O. The fourth-order valence-corrected chi connectivity index (χ4v) is 2.12. The van der Waals surface area contributed by atoms with E-state index in [1.54, 1.807) is 0 Å². The fourth-order valence-electron chi connectivity index (χ4n) is 2.12. The molecule has 20 heavy (non-hydrogen) atoms. The second kappa shape index (κ2) is 7.87. The number of oxime groups is 1. The maximum Gasteiger partial charge on any atom is 0.170 e. The van der Waals surface area contributed by atoms with Crippen LogP contribution in [0.5, 0.6) is 0 Å². The Hall–Kier alpha value is -1.59. The van der Waals surface area contributed by atoms with E-state index in [1.807, 2.05) is 24.3 Å². The minimum absolute atomic E-state index is 0.149. The van der Waals surface area contributed by atoms with Gasteiger partial charge in [-0.05, 0) is 25.6 Å². The topological polar surface area (TPSA) is 73.9 Å². The van der Waals surface area contributed by atoms with Crippen LogP contribution in [0.2, 0.25) is 0 Å². The number of benzene rings is 1.